The van der Waals surface area contributed by atoms with Crippen molar-refractivity contribution in [1.29, 1.82) is 0 Å². The predicted molar refractivity (Wildman–Crippen MR) is 82.0 cm³/mol. The van der Waals surface area contributed by atoms with E-state index in [1.807, 2.05) is 0 Å². The van der Waals surface area contributed by atoms with E-state index in [1.54, 1.807) is 13.8 Å². The van der Waals surface area contributed by atoms with Gasteiger partial charge in [0.2, 0.25) is 11.8 Å². The molecule has 0 radical (unpaired) electrons. The number of carbonyl (C=O) groups is 3. The highest BCUT2D eigenvalue weighted by Crippen LogP contribution is 2.30. The molecule has 1 saturated carbocycles. The van der Waals surface area contributed by atoms with Crippen LogP contribution in [0.2, 0.25) is 0 Å². The lowest BCUT2D eigenvalue weighted by molar-refractivity contribution is -0.146. The molecular weight excluding hydrogens is 340 g/mol. The van der Waals surface area contributed by atoms with E-state index in [9.17, 15) is 14.4 Å². The fraction of sp³-hybridized carbons (Fsp3) is 0.786. The highest BCUT2D eigenvalue weighted by Gasteiger charge is 2.43. The first-order chi connectivity index (χ1) is 9.86. The molecule has 1 aliphatic rings. The zero-order chi connectivity index (χ0) is 16.0. The summed E-state index contributed by atoms with van der Waals surface area (Å²) < 4.78 is 4.67. The minimum Gasteiger partial charge on any atom is -0.467 e. The van der Waals surface area contributed by atoms with Gasteiger partial charge in [-0.05, 0) is 26.2 Å². The average Bonchev–Trinajstić information content (AvgIpc) is 2.93. The Morgan fingerprint density at radius 2 is 1.86 bits per heavy atom. The van der Waals surface area contributed by atoms with Crippen LogP contribution in [0.3, 0.4) is 0 Å². The number of hydrogen-bond donors (Lipinski definition) is 2. The van der Waals surface area contributed by atoms with Gasteiger partial charge in [-0.25, -0.2) is 4.79 Å². The van der Waals surface area contributed by atoms with Crippen LogP contribution in [-0.4, -0.2) is 41.3 Å². The standard InChI is InChI=1S/C14H23BrN2O4/c1-4-10(12(19)21-3)16-13(20)14(7-5-6-8-14)17-11(18)9(2)15/h9-10H,4-8H2,1-3H3,(H,16,20)(H,17,18)/t9-,10-/m0/s1. The molecule has 120 valence electrons. The number of amides is 2. The molecule has 2 N–H and O–H groups in total. The largest absolute Gasteiger partial charge is 0.467 e. The summed E-state index contributed by atoms with van der Waals surface area (Å²) >= 11 is 3.20. The van der Waals surface area contributed by atoms with E-state index in [0.717, 1.165) is 12.8 Å². The first-order valence-electron chi connectivity index (χ1n) is 7.21. The molecule has 21 heavy (non-hydrogen) atoms. The van der Waals surface area contributed by atoms with Gasteiger partial charge in [-0.3, -0.25) is 9.59 Å². The van der Waals surface area contributed by atoms with Crippen molar-refractivity contribution in [2.75, 3.05) is 7.11 Å². The highest BCUT2D eigenvalue weighted by molar-refractivity contribution is 9.10. The Kier molecular flexibility index (Phi) is 6.64. The van der Waals surface area contributed by atoms with Crippen LogP contribution in [0.1, 0.15) is 46.0 Å². The summed E-state index contributed by atoms with van der Waals surface area (Å²) in [5.74, 6) is -1.00. The molecule has 0 heterocycles. The second-order valence-corrected chi connectivity index (χ2v) is 6.73. The van der Waals surface area contributed by atoms with Gasteiger partial charge in [0, 0.05) is 0 Å². The van der Waals surface area contributed by atoms with Gasteiger partial charge < -0.3 is 15.4 Å². The van der Waals surface area contributed by atoms with E-state index in [2.05, 4.69) is 31.3 Å². The van der Waals surface area contributed by atoms with Gasteiger partial charge in [0.25, 0.3) is 0 Å². The molecule has 0 unspecified atom stereocenters. The minimum absolute atomic E-state index is 0.224. The first-order valence-corrected chi connectivity index (χ1v) is 8.12. The molecule has 1 rings (SSSR count). The van der Waals surface area contributed by atoms with Crippen LogP contribution >= 0.6 is 15.9 Å². The molecule has 0 bridgehead atoms. The number of nitrogens with one attached hydrogen (secondary N) is 2. The topological polar surface area (TPSA) is 84.5 Å². The van der Waals surface area contributed by atoms with E-state index in [-0.39, 0.29) is 16.6 Å². The van der Waals surface area contributed by atoms with Crippen molar-refractivity contribution in [3.63, 3.8) is 0 Å². The van der Waals surface area contributed by atoms with Crippen molar-refractivity contribution in [2.24, 2.45) is 0 Å². The smallest absolute Gasteiger partial charge is 0.328 e. The van der Waals surface area contributed by atoms with Crippen molar-refractivity contribution >= 4 is 33.7 Å². The monoisotopic (exact) mass is 362 g/mol. The van der Waals surface area contributed by atoms with E-state index in [0.29, 0.717) is 19.3 Å². The predicted octanol–water partition coefficient (Wildman–Crippen LogP) is 1.27. The van der Waals surface area contributed by atoms with E-state index in [1.165, 1.54) is 7.11 Å². The van der Waals surface area contributed by atoms with E-state index < -0.39 is 17.6 Å². The van der Waals surface area contributed by atoms with Gasteiger partial charge in [0.1, 0.15) is 11.6 Å². The molecule has 6 nitrogen and oxygen atoms in total. The molecular formula is C14H23BrN2O4. The van der Waals surface area contributed by atoms with Crippen LogP contribution in [0, 0.1) is 0 Å². The summed E-state index contributed by atoms with van der Waals surface area (Å²) in [4.78, 5) is 35.7. The average molecular weight is 363 g/mol. The Morgan fingerprint density at radius 1 is 1.29 bits per heavy atom. The number of rotatable bonds is 6. The molecule has 1 aliphatic carbocycles. The third-order valence-corrected chi connectivity index (χ3v) is 4.23. The molecule has 1 fully saturated rings. The van der Waals surface area contributed by atoms with Gasteiger partial charge in [0.15, 0.2) is 0 Å². The van der Waals surface area contributed by atoms with Crippen molar-refractivity contribution in [3.8, 4) is 0 Å². The van der Waals surface area contributed by atoms with E-state index in [4.69, 9.17) is 0 Å². The van der Waals surface area contributed by atoms with Gasteiger partial charge in [0.05, 0.1) is 11.9 Å². The summed E-state index contributed by atoms with van der Waals surface area (Å²) in [6.45, 7) is 3.50. The molecule has 0 aromatic rings. The molecule has 0 spiro atoms. The number of carbonyl (C=O) groups excluding carboxylic acids is 3. The number of methoxy groups -OCH3 is 1. The lowest BCUT2D eigenvalue weighted by atomic mass is 9.95. The number of esters is 1. The maximum Gasteiger partial charge on any atom is 0.328 e. The van der Waals surface area contributed by atoms with Crippen molar-refractivity contribution in [1.82, 2.24) is 10.6 Å². The quantitative estimate of drug-likeness (QED) is 0.550. The minimum atomic E-state index is -0.916. The Labute approximate surface area is 133 Å². The Morgan fingerprint density at radius 3 is 2.29 bits per heavy atom. The zero-order valence-corrected chi connectivity index (χ0v) is 14.3. The van der Waals surface area contributed by atoms with Crippen LogP contribution in [0.5, 0.6) is 0 Å². The molecule has 2 amide bonds. The Bertz CT molecular complexity index is 406. The first kappa shape index (κ1) is 17.9. The maximum absolute atomic E-state index is 12.6. The van der Waals surface area contributed by atoms with Crippen molar-refractivity contribution in [3.05, 3.63) is 0 Å². The third-order valence-electron chi connectivity index (χ3n) is 3.81. The van der Waals surface area contributed by atoms with Crippen LogP contribution in [0.4, 0.5) is 0 Å². The normalized spacial score (nSPS) is 19.4. The molecule has 2 atom stereocenters. The molecule has 0 saturated heterocycles. The van der Waals surface area contributed by atoms with E-state index >= 15 is 0 Å². The lowest BCUT2D eigenvalue weighted by Crippen LogP contribution is -2.60. The van der Waals surface area contributed by atoms with Crippen LogP contribution in [0.25, 0.3) is 0 Å². The molecule has 0 aromatic heterocycles. The Balaban J connectivity index is 2.82. The summed E-state index contributed by atoms with van der Waals surface area (Å²) in [6, 6.07) is -0.682. The second kappa shape index (κ2) is 7.77. The van der Waals surface area contributed by atoms with Crippen LogP contribution in [-0.2, 0) is 19.1 Å². The number of hydrogen-bond acceptors (Lipinski definition) is 4. The summed E-state index contributed by atoms with van der Waals surface area (Å²) in [5, 5.41) is 5.53. The fourth-order valence-corrected chi connectivity index (χ4v) is 2.60. The van der Waals surface area contributed by atoms with Gasteiger partial charge in [-0.15, -0.1) is 0 Å². The maximum atomic E-state index is 12.6. The number of ether oxygens (including phenoxy) is 1. The number of halogens is 1. The molecule has 0 aromatic carbocycles. The third kappa shape index (κ3) is 4.43. The van der Waals surface area contributed by atoms with Crippen LogP contribution < -0.4 is 10.6 Å². The summed E-state index contributed by atoms with van der Waals surface area (Å²) in [7, 11) is 1.29. The van der Waals surface area contributed by atoms with Gasteiger partial charge in [-0.1, -0.05) is 35.7 Å². The fourth-order valence-electron chi connectivity index (χ4n) is 2.49. The second-order valence-electron chi connectivity index (χ2n) is 5.35. The van der Waals surface area contributed by atoms with Crippen LogP contribution in [0.15, 0.2) is 0 Å². The van der Waals surface area contributed by atoms with Gasteiger partial charge >= 0.3 is 5.97 Å². The summed E-state index contributed by atoms with van der Waals surface area (Å²) in [5.41, 5.74) is -0.916. The van der Waals surface area contributed by atoms with Crippen molar-refractivity contribution < 1.29 is 19.1 Å². The summed E-state index contributed by atoms with van der Waals surface area (Å²) in [6.07, 6.45) is 3.36. The SMILES string of the molecule is CC[C@H](NC(=O)C1(NC(=O)[C@H](C)Br)CCCC1)C(=O)OC. The lowest BCUT2D eigenvalue weighted by Gasteiger charge is -2.31. The Hall–Kier alpha value is -1.11. The molecule has 7 heteroatoms. The number of alkyl halides is 1. The highest BCUT2D eigenvalue weighted by atomic mass is 79.9. The van der Waals surface area contributed by atoms with Crippen molar-refractivity contribution in [2.45, 2.75) is 62.4 Å². The molecule has 0 aliphatic heterocycles. The zero-order valence-electron chi connectivity index (χ0n) is 12.7. The van der Waals surface area contributed by atoms with Gasteiger partial charge in [-0.2, -0.15) is 0 Å².